The van der Waals surface area contributed by atoms with Crippen molar-refractivity contribution in [2.75, 3.05) is 7.11 Å². The second-order valence-corrected chi connectivity index (χ2v) is 5.57. The normalized spacial score (nSPS) is 12.2. The second-order valence-electron chi connectivity index (χ2n) is 4.65. The van der Waals surface area contributed by atoms with E-state index in [1.54, 1.807) is 13.2 Å². The van der Waals surface area contributed by atoms with E-state index in [-0.39, 0.29) is 11.8 Å². The number of nitrogens with one attached hydrogen (secondary N) is 1. The predicted molar refractivity (Wildman–Crippen MR) is 84.1 cm³/mol. The number of hydrogen-bond acceptors (Lipinski definition) is 3. The van der Waals surface area contributed by atoms with Crippen LogP contribution in [0.25, 0.3) is 0 Å². The molecule has 1 atom stereocenters. The quantitative estimate of drug-likeness (QED) is 0.867. The highest BCUT2D eigenvalue weighted by molar-refractivity contribution is 9.10. The first-order valence-corrected chi connectivity index (χ1v) is 7.24. The van der Waals surface area contributed by atoms with Crippen molar-refractivity contribution in [3.63, 3.8) is 0 Å². The van der Waals surface area contributed by atoms with Crippen LogP contribution >= 0.6 is 15.9 Å². The zero-order valence-corrected chi connectivity index (χ0v) is 13.1. The molecule has 3 nitrogen and oxygen atoms in total. The average Bonchev–Trinajstić information content (AvgIpc) is 2.45. The van der Waals surface area contributed by atoms with Crippen LogP contribution in [0.4, 0.5) is 0 Å². The molecule has 2 aromatic rings. The third-order valence-corrected chi connectivity index (χ3v) is 3.73. The fraction of sp³-hybridized carbons (Fsp3) is 0.250. The van der Waals surface area contributed by atoms with Crippen LogP contribution in [0, 0.1) is 0 Å². The fourth-order valence-corrected chi connectivity index (χ4v) is 2.39. The Labute approximate surface area is 127 Å². The number of phenolic OH excluding ortho intramolecular Hbond substituents is 1. The summed E-state index contributed by atoms with van der Waals surface area (Å²) >= 11 is 3.47. The van der Waals surface area contributed by atoms with Gasteiger partial charge in [0.25, 0.3) is 0 Å². The number of rotatable bonds is 5. The average molecular weight is 336 g/mol. The van der Waals surface area contributed by atoms with Gasteiger partial charge in [-0.1, -0.05) is 34.1 Å². The minimum atomic E-state index is 0.203. The molecule has 0 aliphatic heterocycles. The monoisotopic (exact) mass is 335 g/mol. The lowest BCUT2D eigenvalue weighted by atomic mass is 10.1. The highest BCUT2D eigenvalue weighted by Crippen LogP contribution is 2.24. The van der Waals surface area contributed by atoms with Crippen LogP contribution in [0.15, 0.2) is 46.9 Å². The number of phenols is 1. The minimum Gasteiger partial charge on any atom is -0.507 e. The Hall–Kier alpha value is -1.52. The number of benzene rings is 2. The molecule has 4 heteroatoms. The predicted octanol–water partition coefficient (Wildman–Crippen LogP) is 4.01. The highest BCUT2D eigenvalue weighted by atomic mass is 79.9. The van der Waals surface area contributed by atoms with Crippen LogP contribution in [0.5, 0.6) is 11.5 Å². The van der Waals surface area contributed by atoms with Gasteiger partial charge in [-0.25, -0.2) is 0 Å². The lowest BCUT2D eigenvalue weighted by Crippen LogP contribution is -2.18. The summed E-state index contributed by atoms with van der Waals surface area (Å²) < 4.78 is 6.14. The van der Waals surface area contributed by atoms with E-state index in [4.69, 9.17) is 4.74 Å². The lowest BCUT2D eigenvalue weighted by Gasteiger charge is -2.15. The minimum absolute atomic E-state index is 0.203. The summed E-state index contributed by atoms with van der Waals surface area (Å²) in [6.45, 7) is 2.70. The SMILES string of the molecule is COc1ccc(CN[C@@H](C)c2cccc(Br)c2)c(O)c1. The molecule has 0 heterocycles. The first kappa shape index (κ1) is 14.9. The summed E-state index contributed by atoms with van der Waals surface area (Å²) in [5.74, 6) is 0.907. The van der Waals surface area contributed by atoms with E-state index >= 15 is 0 Å². The maximum atomic E-state index is 9.92. The zero-order valence-electron chi connectivity index (χ0n) is 11.6. The van der Waals surface area contributed by atoms with E-state index in [0.29, 0.717) is 12.3 Å². The van der Waals surface area contributed by atoms with Gasteiger partial charge in [-0.15, -0.1) is 0 Å². The topological polar surface area (TPSA) is 41.5 Å². The first-order valence-electron chi connectivity index (χ1n) is 6.45. The van der Waals surface area contributed by atoms with Crippen molar-refractivity contribution in [1.29, 1.82) is 0 Å². The van der Waals surface area contributed by atoms with Gasteiger partial charge >= 0.3 is 0 Å². The summed E-state index contributed by atoms with van der Waals surface area (Å²) in [5.41, 5.74) is 2.06. The van der Waals surface area contributed by atoms with Crippen molar-refractivity contribution < 1.29 is 9.84 Å². The standard InChI is InChI=1S/C16H18BrNO2/c1-11(12-4-3-5-14(17)8-12)18-10-13-6-7-15(20-2)9-16(13)19/h3-9,11,18-19H,10H2,1-2H3/t11-/m0/s1. The Morgan fingerprint density at radius 3 is 2.70 bits per heavy atom. The second kappa shape index (κ2) is 6.77. The molecular weight excluding hydrogens is 318 g/mol. The van der Waals surface area contributed by atoms with Gasteiger partial charge in [0.05, 0.1) is 7.11 Å². The molecule has 0 unspecified atom stereocenters. The van der Waals surface area contributed by atoms with Crippen LogP contribution in [0.2, 0.25) is 0 Å². The molecule has 2 rings (SSSR count). The smallest absolute Gasteiger partial charge is 0.123 e. The molecule has 0 amide bonds. The summed E-state index contributed by atoms with van der Waals surface area (Å²) in [5, 5.41) is 13.3. The van der Waals surface area contributed by atoms with Crippen LogP contribution in [-0.2, 0) is 6.54 Å². The maximum absolute atomic E-state index is 9.92. The molecule has 0 saturated heterocycles. The van der Waals surface area contributed by atoms with E-state index < -0.39 is 0 Å². The third kappa shape index (κ3) is 3.74. The van der Waals surface area contributed by atoms with E-state index in [1.807, 2.05) is 24.3 Å². The van der Waals surface area contributed by atoms with Crippen molar-refractivity contribution in [3.8, 4) is 11.5 Å². The van der Waals surface area contributed by atoms with Gasteiger partial charge in [0.1, 0.15) is 11.5 Å². The molecule has 0 aliphatic rings. The lowest BCUT2D eigenvalue weighted by molar-refractivity contribution is 0.405. The largest absolute Gasteiger partial charge is 0.507 e. The Morgan fingerprint density at radius 1 is 1.25 bits per heavy atom. The van der Waals surface area contributed by atoms with Gasteiger partial charge in [-0.05, 0) is 30.7 Å². The molecular formula is C16H18BrNO2. The van der Waals surface area contributed by atoms with Gasteiger partial charge < -0.3 is 15.2 Å². The van der Waals surface area contributed by atoms with Crippen molar-refractivity contribution in [2.45, 2.75) is 19.5 Å². The molecule has 0 aliphatic carbocycles. The molecule has 2 N–H and O–H groups in total. The van der Waals surface area contributed by atoms with Crippen molar-refractivity contribution in [1.82, 2.24) is 5.32 Å². The maximum Gasteiger partial charge on any atom is 0.123 e. The Kier molecular flexibility index (Phi) is 5.04. The first-order chi connectivity index (χ1) is 9.60. The number of hydrogen-bond donors (Lipinski definition) is 2. The van der Waals surface area contributed by atoms with Crippen molar-refractivity contribution in [2.24, 2.45) is 0 Å². The van der Waals surface area contributed by atoms with Crippen molar-refractivity contribution in [3.05, 3.63) is 58.1 Å². The van der Waals surface area contributed by atoms with Crippen LogP contribution in [0.3, 0.4) is 0 Å². The number of halogens is 1. The number of ether oxygens (including phenoxy) is 1. The van der Waals surface area contributed by atoms with E-state index in [9.17, 15) is 5.11 Å². The van der Waals surface area contributed by atoms with Crippen molar-refractivity contribution >= 4 is 15.9 Å². The molecule has 2 aromatic carbocycles. The number of aromatic hydroxyl groups is 1. The molecule has 0 aromatic heterocycles. The van der Waals surface area contributed by atoms with Crippen LogP contribution < -0.4 is 10.1 Å². The Bertz CT molecular complexity index is 586. The third-order valence-electron chi connectivity index (χ3n) is 3.24. The van der Waals surface area contributed by atoms with Gasteiger partial charge in [-0.3, -0.25) is 0 Å². The molecule has 0 fully saturated rings. The van der Waals surface area contributed by atoms with E-state index in [1.165, 1.54) is 5.56 Å². The summed E-state index contributed by atoms with van der Waals surface area (Å²) in [6.07, 6.45) is 0. The zero-order chi connectivity index (χ0) is 14.5. The summed E-state index contributed by atoms with van der Waals surface area (Å²) in [4.78, 5) is 0. The Balaban J connectivity index is 2.01. The Morgan fingerprint density at radius 2 is 2.05 bits per heavy atom. The molecule has 0 saturated carbocycles. The summed E-state index contributed by atoms with van der Waals surface area (Å²) in [7, 11) is 1.59. The molecule has 0 bridgehead atoms. The molecule has 0 radical (unpaired) electrons. The van der Waals surface area contributed by atoms with E-state index in [2.05, 4.69) is 40.3 Å². The van der Waals surface area contributed by atoms with Gasteiger partial charge in [0.15, 0.2) is 0 Å². The van der Waals surface area contributed by atoms with Gasteiger partial charge in [0.2, 0.25) is 0 Å². The molecule has 106 valence electrons. The summed E-state index contributed by atoms with van der Waals surface area (Å²) in [6, 6.07) is 13.7. The van der Waals surface area contributed by atoms with Crippen LogP contribution in [-0.4, -0.2) is 12.2 Å². The van der Waals surface area contributed by atoms with Gasteiger partial charge in [0, 0.05) is 28.7 Å². The number of methoxy groups -OCH3 is 1. The van der Waals surface area contributed by atoms with Crippen LogP contribution in [0.1, 0.15) is 24.1 Å². The van der Waals surface area contributed by atoms with Gasteiger partial charge in [-0.2, -0.15) is 0 Å². The molecule has 0 spiro atoms. The van der Waals surface area contributed by atoms with E-state index in [0.717, 1.165) is 10.0 Å². The highest BCUT2D eigenvalue weighted by Gasteiger charge is 2.08. The molecule has 20 heavy (non-hydrogen) atoms. The fourth-order valence-electron chi connectivity index (χ4n) is 1.98.